The smallest absolute Gasteiger partial charge is 0.549 e. The maximum Gasteiger partial charge on any atom is 3.00 e. The molecule has 10 heteroatoms. The number of carboxylic acids is 3. The van der Waals surface area contributed by atoms with Crippen molar-refractivity contribution in [3.63, 3.8) is 0 Å². The summed E-state index contributed by atoms with van der Waals surface area (Å²) in [4.78, 5) is 63.0. The largest absolute Gasteiger partial charge is 3.00 e. The van der Waals surface area contributed by atoms with Gasteiger partial charge in [-0.05, 0) is 40.0 Å². The Morgan fingerprint density at radius 3 is 0.765 bits per heavy atom. The first-order valence-corrected chi connectivity index (χ1v) is 11.4. The Balaban J connectivity index is -0.000000196. The van der Waals surface area contributed by atoms with E-state index in [9.17, 15) is 44.1 Å². The van der Waals surface area contributed by atoms with Gasteiger partial charge in [0.1, 0.15) is 17.3 Å². The Bertz CT molecular complexity index is 504. The van der Waals surface area contributed by atoms with Crippen molar-refractivity contribution in [2.75, 3.05) is 0 Å². The molecule has 3 unspecified atom stereocenters. The molecule has 2 radical (unpaired) electrons. The molecule has 0 aromatic carbocycles. The standard InChI is InChI=1S/3C8H14O3.Bi/c3*1-3-4-5-7(6(2)9)8(10)11;/h3*7H,3-5H2,1-2H3,(H,10,11);/q;;;+3/p-3. The molecule has 0 aliphatic heterocycles. The molecule has 0 saturated heterocycles. The molecule has 0 fully saturated rings. The van der Waals surface area contributed by atoms with E-state index in [1.54, 1.807) is 0 Å². The van der Waals surface area contributed by atoms with Crippen molar-refractivity contribution >= 4 is 61.5 Å². The van der Waals surface area contributed by atoms with Crippen molar-refractivity contribution in [1.82, 2.24) is 0 Å². The van der Waals surface area contributed by atoms with E-state index in [4.69, 9.17) is 0 Å². The van der Waals surface area contributed by atoms with Gasteiger partial charge in [0.25, 0.3) is 0 Å². The third kappa shape index (κ3) is 22.1. The van der Waals surface area contributed by atoms with Crippen LogP contribution in [0.15, 0.2) is 0 Å². The van der Waals surface area contributed by atoms with Crippen LogP contribution in [0.1, 0.15) is 99.3 Å². The molecule has 0 spiro atoms. The molecular weight excluding hydrogens is 641 g/mol. The van der Waals surface area contributed by atoms with Gasteiger partial charge in [-0.25, -0.2) is 0 Å². The van der Waals surface area contributed by atoms with Crippen LogP contribution in [-0.4, -0.2) is 61.5 Å². The zero-order chi connectivity index (χ0) is 26.6. The topological polar surface area (TPSA) is 172 Å². The van der Waals surface area contributed by atoms with Gasteiger partial charge in [-0.2, -0.15) is 0 Å². The number of hydrogen-bond donors (Lipinski definition) is 0. The number of rotatable bonds is 15. The van der Waals surface area contributed by atoms with Gasteiger partial charge in [-0.3, -0.25) is 14.4 Å². The fraction of sp³-hybridized carbons (Fsp3) is 0.750. The summed E-state index contributed by atoms with van der Waals surface area (Å²) >= 11 is 0. The van der Waals surface area contributed by atoms with Crippen molar-refractivity contribution in [2.45, 2.75) is 99.3 Å². The van der Waals surface area contributed by atoms with Crippen LogP contribution < -0.4 is 15.3 Å². The molecule has 194 valence electrons. The van der Waals surface area contributed by atoms with E-state index in [0.29, 0.717) is 19.3 Å². The molecule has 0 heterocycles. The van der Waals surface area contributed by atoms with E-state index >= 15 is 0 Å². The molecule has 0 saturated carbocycles. The van der Waals surface area contributed by atoms with Crippen molar-refractivity contribution in [2.24, 2.45) is 17.8 Å². The number of carboxylic acid groups (broad SMARTS) is 3. The molecular formula is C24H39BiO9. The van der Waals surface area contributed by atoms with Gasteiger partial charge in [-0.1, -0.05) is 59.3 Å². The Morgan fingerprint density at radius 2 is 0.676 bits per heavy atom. The minimum Gasteiger partial charge on any atom is -0.549 e. The monoisotopic (exact) mass is 680 g/mol. The van der Waals surface area contributed by atoms with Crippen molar-refractivity contribution in [3.8, 4) is 0 Å². The minimum atomic E-state index is -1.24. The van der Waals surface area contributed by atoms with E-state index in [1.807, 2.05) is 20.8 Å². The summed E-state index contributed by atoms with van der Waals surface area (Å²) < 4.78 is 0. The predicted molar refractivity (Wildman–Crippen MR) is 122 cm³/mol. The van der Waals surface area contributed by atoms with E-state index in [2.05, 4.69) is 0 Å². The molecule has 0 rings (SSSR count). The maximum atomic E-state index is 10.7. The van der Waals surface area contributed by atoms with E-state index in [0.717, 1.165) is 38.5 Å². The van der Waals surface area contributed by atoms with Crippen molar-refractivity contribution in [1.29, 1.82) is 0 Å². The average Bonchev–Trinajstić information content (AvgIpc) is 2.68. The van der Waals surface area contributed by atoms with Crippen molar-refractivity contribution < 1.29 is 44.1 Å². The number of ketones is 3. The van der Waals surface area contributed by atoms with Gasteiger partial charge in [0.05, 0.1) is 35.7 Å². The summed E-state index contributed by atoms with van der Waals surface area (Å²) in [5, 5.41) is 30.9. The summed E-state index contributed by atoms with van der Waals surface area (Å²) in [7, 11) is 0. The summed E-state index contributed by atoms with van der Waals surface area (Å²) in [5.74, 6) is -7.34. The number of unbranched alkanes of at least 4 members (excludes halogenated alkanes) is 3. The van der Waals surface area contributed by atoms with Crippen LogP contribution >= 0.6 is 0 Å². The number of hydrogen-bond acceptors (Lipinski definition) is 9. The fourth-order valence-electron chi connectivity index (χ4n) is 2.69. The molecule has 0 N–H and O–H groups in total. The Hall–Kier alpha value is -1.70. The number of aliphatic carboxylic acids is 3. The van der Waals surface area contributed by atoms with Gasteiger partial charge in [-0.15, -0.1) is 0 Å². The fourth-order valence-corrected chi connectivity index (χ4v) is 2.69. The summed E-state index contributed by atoms with van der Waals surface area (Å²) in [6.07, 6.45) is 6.22. The minimum absolute atomic E-state index is 0. The second-order valence-corrected chi connectivity index (χ2v) is 7.87. The molecule has 9 nitrogen and oxygen atoms in total. The van der Waals surface area contributed by atoms with E-state index in [-0.39, 0.29) is 43.6 Å². The SMILES string of the molecule is CCCCC(C(C)=O)C(=O)[O-].CCCCC(C(C)=O)C(=O)[O-].CCCCC(C(C)=O)C(=O)[O-].[Bi+3]. The molecule has 0 aliphatic rings. The molecule has 0 aromatic rings. The zero-order valence-corrected chi connectivity index (χ0v) is 24.7. The van der Waals surface area contributed by atoms with Gasteiger partial charge >= 0.3 is 26.2 Å². The van der Waals surface area contributed by atoms with Crippen LogP contribution in [0.4, 0.5) is 0 Å². The molecule has 3 atom stereocenters. The summed E-state index contributed by atoms with van der Waals surface area (Å²) in [6, 6.07) is 0. The molecule has 0 bridgehead atoms. The van der Waals surface area contributed by atoms with Crippen molar-refractivity contribution in [3.05, 3.63) is 0 Å². The quantitative estimate of drug-likeness (QED) is 0.171. The average molecular weight is 681 g/mol. The van der Waals surface area contributed by atoms with Crippen LogP contribution in [0, 0.1) is 17.8 Å². The third-order valence-electron chi connectivity index (χ3n) is 4.86. The number of Topliss-reactive ketones (excluding diaryl/α,β-unsaturated/α-hetero) is 3. The first kappa shape index (κ1) is 39.5. The van der Waals surface area contributed by atoms with Gasteiger partial charge in [0, 0.05) is 0 Å². The van der Waals surface area contributed by atoms with Crippen LogP contribution in [0.25, 0.3) is 0 Å². The predicted octanol–water partition coefficient (Wildman–Crippen LogP) is 0.0143. The van der Waals surface area contributed by atoms with E-state index in [1.165, 1.54) is 20.8 Å². The molecule has 34 heavy (non-hydrogen) atoms. The Labute approximate surface area is 222 Å². The van der Waals surface area contributed by atoms with Gasteiger partial charge in [0.2, 0.25) is 0 Å². The Morgan fingerprint density at radius 1 is 0.500 bits per heavy atom. The third-order valence-corrected chi connectivity index (χ3v) is 4.86. The molecule has 0 aromatic heterocycles. The first-order valence-electron chi connectivity index (χ1n) is 11.4. The second kappa shape index (κ2) is 24.4. The molecule has 0 aliphatic carbocycles. The van der Waals surface area contributed by atoms with Gasteiger partial charge in [0.15, 0.2) is 0 Å². The van der Waals surface area contributed by atoms with Crippen LogP contribution in [0.2, 0.25) is 0 Å². The maximum absolute atomic E-state index is 10.7. The number of carbonyl (C=O) groups excluding carboxylic acids is 6. The van der Waals surface area contributed by atoms with E-state index < -0.39 is 35.7 Å². The molecule has 0 amide bonds. The first-order chi connectivity index (χ1) is 15.3. The zero-order valence-electron chi connectivity index (χ0n) is 21.2. The second-order valence-electron chi connectivity index (χ2n) is 7.87. The van der Waals surface area contributed by atoms with Crippen LogP contribution in [-0.2, 0) is 28.8 Å². The van der Waals surface area contributed by atoms with Crippen LogP contribution in [0.3, 0.4) is 0 Å². The van der Waals surface area contributed by atoms with Crippen LogP contribution in [0.5, 0.6) is 0 Å². The normalized spacial score (nSPS) is 12.2. The number of carbonyl (C=O) groups is 6. The summed E-state index contributed by atoms with van der Waals surface area (Å²) in [5.41, 5.74) is 0. The van der Waals surface area contributed by atoms with Gasteiger partial charge < -0.3 is 29.7 Å². The summed E-state index contributed by atoms with van der Waals surface area (Å²) in [6.45, 7) is 9.72. The Kier molecular flexibility index (Phi) is 28.4.